The number of anilines is 1. The fourth-order valence-corrected chi connectivity index (χ4v) is 3.03. The quantitative estimate of drug-likeness (QED) is 0.553. The van der Waals surface area contributed by atoms with Crippen LogP contribution in [0.25, 0.3) is 27.9 Å². The Morgan fingerprint density at radius 2 is 2.12 bits per heavy atom. The molecule has 0 spiro atoms. The SMILES string of the molecule is COCCn1c(C)nc2ccc(-c3ccn4nc(NP)ncc34)nc21. The van der Waals surface area contributed by atoms with E-state index in [-0.39, 0.29) is 0 Å². The molecule has 0 saturated carbocycles. The fourth-order valence-electron chi connectivity index (χ4n) is 2.90. The van der Waals surface area contributed by atoms with Crippen LogP contribution >= 0.6 is 9.39 Å². The molecule has 0 aromatic carbocycles. The molecular formula is C16H18N7OP. The zero-order valence-corrected chi connectivity index (χ0v) is 15.1. The van der Waals surface area contributed by atoms with Gasteiger partial charge in [0.1, 0.15) is 11.3 Å². The molecule has 0 saturated heterocycles. The summed E-state index contributed by atoms with van der Waals surface area (Å²) in [6.07, 6.45) is 3.69. The van der Waals surface area contributed by atoms with Crippen molar-refractivity contribution in [2.75, 3.05) is 18.8 Å². The number of ether oxygens (including phenoxy) is 1. The number of fused-ring (bicyclic) bond motifs is 2. The highest BCUT2D eigenvalue weighted by atomic mass is 31.0. The van der Waals surface area contributed by atoms with Gasteiger partial charge in [0.05, 0.1) is 24.0 Å². The summed E-state index contributed by atoms with van der Waals surface area (Å²) < 4.78 is 9.06. The summed E-state index contributed by atoms with van der Waals surface area (Å²) in [6.45, 7) is 3.32. The first kappa shape index (κ1) is 15.9. The van der Waals surface area contributed by atoms with Gasteiger partial charge in [-0.1, -0.05) is 0 Å². The summed E-state index contributed by atoms with van der Waals surface area (Å²) in [5.41, 5.74) is 4.48. The van der Waals surface area contributed by atoms with Gasteiger partial charge >= 0.3 is 0 Å². The van der Waals surface area contributed by atoms with Crippen LogP contribution in [-0.2, 0) is 11.3 Å². The molecular weight excluding hydrogens is 337 g/mol. The van der Waals surface area contributed by atoms with Crippen LogP contribution < -0.4 is 5.09 Å². The van der Waals surface area contributed by atoms with Gasteiger partial charge in [0, 0.05) is 25.4 Å². The predicted molar refractivity (Wildman–Crippen MR) is 99.5 cm³/mol. The minimum absolute atomic E-state index is 0.538. The van der Waals surface area contributed by atoms with Crippen molar-refractivity contribution in [1.29, 1.82) is 0 Å². The monoisotopic (exact) mass is 355 g/mol. The average Bonchev–Trinajstić information content (AvgIpc) is 3.19. The second-order valence-corrected chi connectivity index (χ2v) is 5.92. The minimum Gasteiger partial charge on any atom is -0.383 e. The van der Waals surface area contributed by atoms with E-state index >= 15 is 0 Å². The Hall–Kier alpha value is -2.57. The smallest absolute Gasteiger partial charge is 0.243 e. The van der Waals surface area contributed by atoms with Crippen molar-refractivity contribution in [2.45, 2.75) is 13.5 Å². The highest BCUT2D eigenvalue weighted by Gasteiger charge is 2.13. The lowest BCUT2D eigenvalue weighted by Crippen LogP contribution is -2.06. The Morgan fingerprint density at radius 3 is 2.92 bits per heavy atom. The topological polar surface area (TPSA) is 82.2 Å². The Labute approximate surface area is 146 Å². The second kappa shape index (κ2) is 6.38. The molecule has 0 fully saturated rings. The van der Waals surface area contributed by atoms with Gasteiger partial charge in [-0.05, 0) is 34.5 Å². The number of aromatic nitrogens is 6. The van der Waals surface area contributed by atoms with E-state index in [0.29, 0.717) is 12.6 Å². The summed E-state index contributed by atoms with van der Waals surface area (Å²) in [4.78, 5) is 13.7. The molecule has 1 unspecified atom stereocenters. The molecule has 1 N–H and O–H groups in total. The molecule has 0 amide bonds. The van der Waals surface area contributed by atoms with Crippen LogP contribution in [0.15, 0.2) is 30.6 Å². The first-order valence-electron chi connectivity index (χ1n) is 7.85. The standard InChI is InChI=1S/C16H18N7OP/c1-10-18-13-4-3-12(19-15(13)22(10)7-8-24-2)11-5-6-23-14(11)9-17-16(20-23)21-25/h3-6,9H,7-8,25H2,1-2H3,(H,20,21). The number of aryl methyl sites for hydroxylation is 1. The minimum atomic E-state index is 0.538. The lowest BCUT2D eigenvalue weighted by molar-refractivity contribution is 0.187. The number of hydrogen-bond acceptors (Lipinski definition) is 6. The van der Waals surface area contributed by atoms with Crippen LogP contribution in [0.1, 0.15) is 5.82 Å². The maximum Gasteiger partial charge on any atom is 0.243 e. The lowest BCUT2D eigenvalue weighted by Gasteiger charge is -2.06. The van der Waals surface area contributed by atoms with Crippen LogP contribution in [0, 0.1) is 6.92 Å². The summed E-state index contributed by atoms with van der Waals surface area (Å²) >= 11 is 0. The van der Waals surface area contributed by atoms with Gasteiger partial charge < -0.3 is 14.4 Å². The van der Waals surface area contributed by atoms with E-state index in [9.17, 15) is 0 Å². The van der Waals surface area contributed by atoms with Crippen molar-refractivity contribution in [2.24, 2.45) is 0 Å². The van der Waals surface area contributed by atoms with Crippen molar-refractivity contribution in [3.63, 3.8) is 0 Å². The maximum atomic E-state index is 5.20. The molecule has 0 radical (unpaired) electrons. The third-order valence-corrected chi connectivity index (χ3v) is 4.38. The number of pyridine rings is 1. The van der Waals surface area contributed by atoms with Gasteiger partial charge in [-0.3, -0.25) is 0 Å². The molecule has 0 bridgehead atoms. The number of nitrogens with zero attached hydrogens (tertiary/aromatic N) is 6. The molecule has 4 aromatic heterocycles. The van der Waals surface area contributed by atoms with Crippen LogP contribution in [-0.4, -0.2) is 42.8 Å². The number of methoxy groups -OCH3 is 1. The number of hydrogen-bond donors (Lipinski definition) is 1. The van der Waals surface area contributed by atoms with E-state index in [0.717, 1.165) is 40.3 Å². The highest BCUT2D eigenvalue weighted by molar-refractivity contribution is 7.18. The van der Waals surface area contributed by atoms with Gasteiger partial charge in [-0.2, -0.15) is 0 Å². The zero-order valence-electron chi connectivity index (χ0n) is 14.0. The first-order chi connectivity index (χ1) is 12.2. The van der Waals surface area contributed by atoms with Crippen LogP contribution in [0.2, 0.25) is 0 Å². The number of rotatable bonds is 5. The summed E-state index contributed by atoms with van der Waals surface area (Å²) in [7, 11) is 4.08. The largest absolute Gasteiger partial charge is 0.383 e. The van der Waals surface area contributed by atoms with E-state index in [1.54, 1.807) is 17.8 Å². The molecule has 9 heteroatoms. The van der Waals surface area contributed by atoms with Gasteiger partial charge in [-0.15, -0.1) is 5.10 Å². The van der Waals surface area contributed by atoms with E-state index in [1.165, 1.54) is 0 Å². The van der Waals surface area contributed by atoms with Crippen molar-refractivity contribution in [1.82, 2.24) is 29.1 Å². The molecule has 1 atom stereocenters. The third-order valence-electron chi connectivity index (χ3n) is 4.12. The fraction of sp³-hybridized carbons (Fsp3) is 0.250. The second-order valence-electron chi connectivity index (χ2n) is 5.63. The summed E-state index contributed by atoms with van der Waals surface area (Å²) in [5.74, 6) is 1.47. The third kappa shape index (κ3) is 2.73. The molecule has 0 aliphatic carbocycles. The van der Waals surface area contributed by atoms with Gasteiger partial charge in [-0.25, -0.2) is 19.5 Å². The average molecular weight is 355 g/mol. The number of imidazole rings is 1. The Balaban J connectivity index is 1.84. The molecule has 128 valence electrons. The Bertz CT molecular complexity index is 1060. The summed E-state index contributed by atoms with van der Waals surface area (Å²) in [6, 6.07) is 5.97. The molecule has 4 rings (SSSR count). The molecule has 8 nitrogen and oxygen atoms in total. The lowest BCUT2D eigenvalue weighted by atomic mass is 10.2. The van der Waals surface area contributed by atoms with Crippen LogP contribution in [0.4, 0.5) is 5.95 Å². The van der Waals surface area contributed by atoms with Gasteiger partial charge in [0.15, 0.2) is 5.65 Å². The van der Waals surface area contributed by atoms with E-state index in [1.807, 2.05) is 31.3 Å². The Kier molecular flexibility index (Phi) is 4.07. The maximum absolute atomic E-state index is 5.20. The van der Waals surface area contributed by atoms with E-state index < -0.39 is 0 Å². The molecule has 25 heavy (non-hydrogen) atoms. The Morgan fingerprint density at radius 1 is 1.24 bits per heavy atom. The van der Waals surface area contributed by atoms with Crippen molar-refractivity contribution < 1.29 is 4.74 Å². The first-order valence-corrected chi connectivity index (χ1v) is 8.43. The molecule has 0 aliphatic rings. The molecule has 4 aromatic rings. The normalized spacial score (nSPS) is 11.5. The van der Waals surface area contributed by atoms with E-state index in [2.05, 4.69) is 34.1 Å². The van der Waals surface area contributed by atoms with E-state index in [4.69, 9.17) is 9.72 Å². The van der Waals surface area contributed by atoms with Crippen LogP contribution in [0.3, 0.4) is 0 Å². The molecule has 4 heterocycles. The van der Waals surface area contributed by atoms with Crippen molar-refractivity contribution >= 4 is 32.0 Å². The van der Waals surface area contributed by atoms with Crippen molar-refractivity contribution in [3.05, 3.63) is 36.4 Å². The van der Waals surface area contributed by atoms with Gasteiger partial charge in [0.25, 0.3) is 0 Å². The van der Waals surface area contributed by atoms with Gasteiger partial charge in [0.2, 0.25) is 5.95 Å². The van der Waals surface area contributed by atoms with Crippen molar-refractivity contribution in [3.8, 4) is 11.3 Å². The number of nitrogens with one attached hydrogen (secondary N) is 1. The molecule has 0 aliphatic heterocycles. The van der Waals surface area contributed by atoms with Crippen LogP contribution in [0.5, 0.6) is 0 Å². The summed E-state index contributed by atoms with van der Waals surface area (Å²) in [5, 5.41) is 7.23. The highest BCUT2D eigenvalue weighted by Crippen LogP contribution is 2.26. The predicted octanol–water partition coefficient (Wildman–Crippen LogP) is 2.30. The zero-order chi connectivity index (χ0) is 17.4.